The van der Waals surface area contributed by atoms with Gasteiger partial charge in [0.05, 0.1) is 35.6 Å². The molecule has 0 saturated heterocycles. The Hall–Kier alpha value is -0.870. The normalized spacial score (nSPS) is 50.1. The highest BCUT2D eigenvalue weighted by molar-refractivity contribution is 6.00. The maximum absolute atomic E-state index is 13.3. The summed E-state index contributed by atoms with van der Waals surface area (Å²) in [6.07, 6.45) is -1.83. The van der Waals surface area contributed by atoms with Gasteiger partial charge in [-0.25, -0.2) is 0 Å². The molecule has 0 spiro atoms. The van der Waals surface area contributed by atoms with Gasteiger partial charge in [0.25, 0.3) is 0 Å². The number of aliphatic hydroxyl groups excluding tert-OH is 4. The lowest BCUT2D eigenvalue weighted by Crippen LogP contribution is -2.71. The average Bonchev–Trinajstić information content (AvgIpc) is 3.01. The maximum atomic E-state index is 13.3. The first-order valence-electron chi connectivity index (χ1n) is 13.1. The van der Waals surface area contributed by atoms with Crippen LogP contribution in [0.4, 0.5) is 0 Å². The number of hydrogen-bond donors (Lipinski definition) is 7. The molecular weight excluding hydrogens is 452 g/mol. The molecule has 8 heteroatoms. The van der Waals surface area contributed by atoms with Crippen molar-refractivity contribution in [2.45, 2.75) is 121 Å². The van der Waals surface area contributed by atoms with E-state index in [-0.39, 0.29) is 25.7 Å². The van der Waals surface area contributed by atoms with Crippen LogP contribution in [0.25, 0.3) is 0 Å². The van der Waals surface area contributed by atoms with Crippen LogP contribution >= 0.6 is 0 Å². The molecule has 4 rings (SSSR count). The van der Waals surface area contributed by atoms with Gasteiger partial charge >= 0.3 is 0 Å². The van der Waals surface area contributed by atoms with E-state index in [0.717, 1.165) is 6.42 Å². The second-order valence-corrected chi connectivity index (χ2v) is 13.1. The first-order chi connectivity index (χ1) is 16.0. The van der Waals surface area contributed by atoms with Gasteiger partial charge in [-0.2, -0.15) is 0 Å². The van der Waals surface area contributed by atoms with Gasteiger partial charge in [0, 0.05) is 23.2 Å². The molecule has 3 fully saturated rings. The smallest absolute Gasteiger partial charge is 0.187 e. The largest absolute Gasteiger partial charge is 0.392 e. The summed E-state index contributed by atoms with van der Waals surface area (Å²) in [5, 5.41) is 78.4. The van der Waals surface area contributed by atoms with Gasteiger partial charge in [0.15, 0.2) is 5.78 Å². The van der Waals surface area contributed by atoms with Crippen LogP contribution in [0.15, 0.2) is 11.6 Å². The van der Waals surface area contributed by atoms with E-state index in [1.807, 2.05) is 20.8 Å². The lowest BCUT2D eigenvalue weighted by Gasteiger charge is -2.64. The summed E-state index contributed by atoms with van der Waals surface area (Å²) in [6, 6.07) is 0. The molecule has 5 unspecified atom stereocenters. The number of rotatable bonds is 5. The molecule has 8 nitrogen and oxygen atoms in total. The fourth-order valence-corrected chi connectivity index (χ4v) is 8.42. The van der Waals surface area contributed by atoms with Gasteiger partial charge in [0.1, 0.15) is 5.60 Å². The summed E-state index contributed by atoms with van der Waals surface area (Å²) in [5.41, 5.74) is -7.02. The topological polar surface area (TPSA) is 159 Å². The molecule has 200 valence electrons. The Balaban J connectivity index is 1.76. The van der Waals surface area contributed by atoms with Crippen molar-refractivity contribution in [3.63, 3.8) is 0 Å². The quantitative estimate of drug-likeness (QED) is 0.295. The van der Waals surface area contributed by atoms with E-state index < -0.39 is 69.7 Å². The zero-order valence-corrected chi connectivity index (χ0v) is 21.6. The zero-order chi connectivity index (χ0) is 26.4. The summed E-state index contributed by atoms with van der Waals surface area (Å²) in [4.78, 5) is 13.3. The molecule has 0 radical (unpaired) electrons. The number of hydrogen-bond acceptors (Lipinski definition) is 8. The summed E-state index contributed by atoms with van der Waals surface area (Å²) in [5.74, 6) is -1.63. The molecule has 7 N–H and O–H groups in total. The molecule has 0 aromatic heterocycles. The molecule has 35 heavy (non-hydrogen) atoms. The maximum Gasteiger partial charge on any atom is 0.187 e. The van der Waals surface area contributed by atoms with Crippen LogP contribution in [0.1, 0.15) is 79.6 Å². The average molecular weight is 497 g/mol. The second kappa shape index (κ2) is 8.32. The van der Waals surface area contributed by atoms with Crippen molar-refractivity contribution < 1.29 is 40.5 Å². The van der Waals surface area contributed by atoms with Gasteiger partial charge in [-0.15, -0.1) is 0 Å². The van der Waals surface area contributed by atoms with Crippen molar-refractivity contribution in [1.82, 2.24) is 0 Å². The van der Waals surface area contributed by atoms with Crippen molar-refractivity contribution in [2.24, 2.45) is 28.6 Å². The minimum atomic E-state index is -1.97. The van der Waals surface area contributed by atoms with Crippen LogP contribution in [-0.2, 0) is 4.79 Å². The molecule has 0 bridgehead atoms. The van der Waals surface area contributed by atoms with Gasteiger partial charge in [-0.05, 0) is 68.9 Å². The third kappa shape index (κ3) is 3.55. The van der Waals surface area contributed by atoms with E-state index in [9.17, 15) is 40.5 Å². The van der Waals surface area contributed by atoms with Crippen LogP contribution in [-0.4, -0.2) is 82.7 Å². The number of aliphatic hydroxyl groups is 7. The van der Waals surface area contributed by atoms with Gasteiger partial charge in [0.2, 0.25) is 0 Å². The van der Waals surface area contributed by atoms with Crippen LogP contribution in [0.5, 0.6) is 0 Å². The van der Waals surface area contributed by atoms with Crippen molar-refractivity contribution in [1.29, 1.82) is 0 Å². The molecular formula is C27H44O8. The predicted octanol–water partition coefficient (Wildman–Crippen LogP) is 0.825. The molecule has 4 aliphatic carbocycles. The Labute approximate surface area is 207 Å². The van der Waals surface area contributed by atoms with Gasteiger partial charge in [-0.1, -0.05) is 27.7 Å². The molecule has 0 heterocycles. The molecule has 0 aromatic rings. The molecule has 11 atom stereocenters. The summed E-state index contributed by atoms with van der Waals surface area (Å²) in [6.45, 7) is 9.14. The summed E-state index contributed by atoms with van der Waals surface area (Å²) < 4.78 is 0. The first kappa shape index (κ1) is 27.2. The Morgan fingerprint density at radius 3 is 2.14 bits per heavy atom. The van der Waals surface area contributed by atoms with Crippen molar-refractivity contribution in [3.8, 4) is 0 Å². The minimum Gasteiger partial charge on any atom is -0.392 e. The molecule has 4 aliphatic rings. The fraction of sp³-hybridized carbons (Fsp3) is 0.889. The predicted molar refractivity (Wildman–Crippen MR) is 128 cm³/mol. The van der Waals surface area contributed by atoms with Crippen LogP contribution < -0.4 is 0 Å². The van der Waals surface area contributed by atoms with Crippen LogP contribution in [0.2, 0.25) is 0 Å². The highest BCUT2D eigenvalue weighted by atomic mass is 16.3. The van der Waals surface area contributed by atoms with Gasteiger partial charge in [-0.3, -0.25) is 4.79 Å². The van der Waals surface area contributed by atoms with Gasteiger partial charge < -0.3 is 35.7 Å². The van der Waals surface area contributed by atoms with E-state index in [1.165, 1.54) is 6.08 Å². The van der Waals surface area contributed by atoms with E-state index >= 15 is 0 Å². The third-order valence-corrected chi connectivity index (χ3v) is 10.6. The molecule has 0 aliphatic heterocycles. The van der Waals surface area contributed by atoms with Crippen LogP contribution in [0.3, 0.4) is 0 Å². The fourth-order valence-electron chi connectivity index (χ4n) is 8.42. The second-order valence-electron chi connectivity index (χ2n) is 13.1. The number of fused-ring (bicyclic) bond motifs is 5. The molecule has 0 aromatic carbocycles. The minimum absolute atomic E-state index is 0.0989. The lowest BCUT2D eigenvalue weighted by molar-refractivity contribution is -0.228. The SMILES string of the molecule is CC(C)CCC(O)[C@](C)(O)[C@H]1CC[C@@]2(O)C3=CC(=O)C4(O)CC(O)C(O)C[C@]4(C)[C@H]3C(O)C[C@]12C. The highest BCUT2D eigenvalue weighted by Gasteiger charge is 2.73. The number of carbonyl (C=O) groups is 1. The van der Waals surface area contributed by atoms with Crippen molar-refractivity contribution in [2.75, 3.05) is 0 Å². The Morgan fingerprint density at radius 2 is 1.54 bits per heavy atom. The first-order valence-corrected chi connectivity index (χ1v) is 13.1. The third-order valence-electron chi connectivity index (χ3n) is 10.6. The number of carbonyl (C=O) groups excluding carboxylic acids is 1. The Kier molecular flexibility index (Phi) is 6.46. The van der Waals surface area contributed by atoms with Crippen molar-refractivity contribution >= 4 is 5.78 Å². The van der Waals surface area contributed by atoms with E-state index in [2.05, 4.69) is 0 Å². The Bertz CT molecular complexity index is 900. The molecule has 3 saturated carbocycles. The number of ketones is 1. The van der Waals surface area contributed by atoms with E-state index in [1.54, 1.807) is 13.8 Å². The lowest BCUT2D eigenvalue weighted by atomic mass is 9.43. The zero-order valence-electron chi connectivity index (χ0n) is 21.6. The van der Waals surface area contributed by atoms with E-state index in [4.69, 9.17) is 0 Å². The van der Waals surface area contributed by atoms with Crippen molar-refractivity contribution in [3.05, 3.63) is 11.6 Å². The summed E-state index contributed by atoms with van der Waals surface area (Å²) >= 11 is 0. The Morgan fingerprint density at radius 1 is 0.971 bits per heavy atom. The van der Waals surface area contributed by atoms with E-state index in [0.29, 0.717) is 24.3 Å². The van der Waals surface area contributed by atoms with Crippen LogP contribution in [0, 0.1) is 28.6 Å². The molecule has 0 amide bonds. The highest BCUT2D eigenvalue weighted by Crippen LogP contribution is 2.69. The monoisotopic (exact) mass is 496 g/mol. The summed E-state index contributed by atoms with van der Waals surface area (Å²) in [7, 11) is 0. The standard InChI is InChI=1S/C27H44O8/c1-14(2)6-7-20(31)25(5,33)19-8-9-26(34)15-10-21(32)27(35)13-17(29)16(28)11-24(27,4)22(15)18(30)12-23(19,26)3/h10,14,16-20,22,28-31,33-35H,6-9,11-13H2,1-5H3/t16?,17?,18?,19-,20?,22+,23+,24+,25+,26+,27?/m0/s1.